The second kappa shape index (κ2) is 5.79. The van der Waals surface area contributed by atoms with Crippen molar-refractivity contribution >= 4 is 31.9 Å². The molecular weight excluding hydrogens is 392 g/mol. The average Bonchev–Trinajstić information content (AvgIpc) is 2.72. The van der Waals surface area contributed by atoms with Gasteiger partial charge in [0.05, 0.1) is 19.5 Å². The molecule has 1 unspecified atom stereocenters. The summed E-state index contributed by atoms with van der Waals surface area (Å²) in [6, 6.07) is 5.35. The van der Waals surface area contributed by atoms with Gasteiger partial charge in [-0.2, -0.15) is 0 Å². The zero-order chi connectivity index (χ0) is 14.1. The van der Waals surface area contributed by atoms with E-state index in [-0.39, 0.29) is 0 Å². The van der Waals surface area contributed by atoms with Crippen molar-refractivity contribution in [3.63, 3.8) is 0 Å². The van der Waals surface area contributed by atoms with Gasteiger partial charge in [-0.15, -0.1) is 0 Å². The number of hydrogen-bond donors (Lipinski definition) is 1. The molecule has 1 atom stereocenters. The minimum Gasteiger partial charge on any atom is -0.490 e. The maximum atomic E-state index is 10.5. The molecule has 20 heavy (non-hydrogen) atoms. The van der Waals surface area contributed by atoms with Crippen LogP contribution in [-0.4, -0.2) is 18.3 Å². The van der Waals surface area contributed by atoms with E-state index >= 15 is 0 Å². The Balaban J connectivity index is 2.01. The topological polar surface area (TPSA) is 51.8 Å². The number of ether oxygens (including phenoxy) is 2. The first kappa shape index (κ1) is 14.0. The van der Waals surface area contributed by atoms with Gasteiger partial charge >= 0.3 is 0 Å². The zero-order valence-electron chi connectivity index (χ0n) is 10.4. The summed E-state index contributed by atoms with van der Waals surface area (Å²) >= 11 is 6.75. The molecule has 0 saturated heterocycles. The monoisotopic (exact) mass is 402 g/mol. The first-order valence-corrected chi connectivity index (χ1v) is 7.75. The van der Waals surface area contributed by atoms with Crippen molar-refractivity contribution in [1.82, 2.24) is 0 Å². The number of halogens is 2. The molecule has 0 bridgehead atoms. The van der Waals surface area contributed by atoms with E-state index < -0.39 is 6.10 Å². The van der Waals surface area contributed by atoms with Crippen LogP contribution < -0.4 is 9.47 Å². The van der Waals surface area contributed by atoms with E-state index in [0.29, 0.717) is 40.5 Å². The Morgan fingerprint density at radius 2 is 1.75 bits per heavy atom. The van der Waals surface area contributed by atoms with E-state index in [1.54, 1.807) is 12.1 Å². The number of aliphatic hydroxyl groups excluding tert-OH is 1. The van der Waals surface area contributed by atoms with Crippen LogP contribution in [0.15, 0.2) is 38.0 Å². The summed E-state index contributed by atoms with van der Waals surface area (Å²) in [5.41, 5.74) is 1.37. The zero-order valence-corrected chi connectivity index (χ0v) is 13.6. The third-order valence-corrected chi connectivity index (χ3v) is 4.43. The Hall–Kier alpha value is -0.980. The number of rotatable bonds is 2. The molecule has 106 valence electrons. The molecular formula is C14H12Br2O4. The highest BCUT2D eigenvalue weighted by molar-refractivity contribution is 9.10. The quantitative estimate of drug-likeness (QED) is 0.821. The van der Waals surface area contributed by atoms with Crippen molar-refractivity contribution in [1.29, 1.82) is 0 Å². The lowest BCUT2D eigenvalue weighted by molar-refractivity contribution is 0.216. The van der Waals surface area contributed by atoms with E-state index in [1.807, 2.05) is 6.07 Å². The van der Waals surface area contributed by atoms with Crippen LogP contribution in [0.25, 0.3) is 0 Å². The fourth-order valence-corrected chi connectivity index (χ4v) is 3.07. The van der Waals surface area contributed by atoms with Gasteiger partial charge in [0.1, 0.15) is 6.10 Å². The van der Waals surface area contributed by atoms with Crippen LogP contribution in [0.1, 0.15) is 23.7 Å². The van der Waals surface area contributed by atoms with Crippen LogP contribution >= 0.6 is 31.9 Å². The summed E-state index contributed by atoms with van der Waals surface area (Å²) in [5, 5.41) is 10.5. The maximum absolute atomic E-state index is 10.5. The molecule has 0 amide bonds. The summed E-state index contributed by atoms with van der Waals surface area (Å²) in [6.45, 7) is 1.24. The summed E-state index contributed by atoms with van der Waals surface area (Å²) in [4.78, 5) is 0. The summed E-state index contributed by atoms with van der Waals surface area (Å²) in [7, 11) is 0. The van der Waals surface area contributed by atoms with Crippen molar-refractivity contribution in [2.45, 2.75) is 12.5 Å². The lowest BCUT2D eigenvalue weighted by Gasteiger charge is -2.15. The van der Waals surface area contributed by atoms with E-state index in [4.69, 9.17) is 13.9 Å². The van der Waals surface area contributed by atoms with Crippen LogP contribution in [0.4, 0.5) is 0 Å². The molecule has 3 rings (SSSR count). The standard InChI is InChI=1S/C14H12Br2O4/c15-10-7-12-11(18-3-1-4-19-12)6-9(10)13(17)8-2-5-20-14(8)16/h2,5-7,13,17H,1,3-4H2. The van der Waals surface area contributed by atoms with Crippen LogP contribution in [0.2, 0.25) is 0 Å². The van der Waals surface area contributed by atoms with Crippen LogP contribution in [0.5, 0.6) is 11.5 Å². The lowest BCUT2D eigenvalue weighted by Crippen LogP contribution is -2.02. The van der Waals surface area contributed by atoms with Crippen molar-refractivity contribution in [2.24, 2.45) is 0 Å². The normalized spacial score (nSPS) is 15.8. The molecule has 0 saturated carbocycles. The molecule has 1 aromatic carbocycles. The number of aliphatic hydroxyl groups is 1. The number of benzene rings is 1. The fourth-order valence-electron chi connectivity index (χ4n) is 2.08. The maximum Gasteiger partial charge on any atom is 0.175 e. The molecule has 4 nitrogen and oxygen atoms in total. The molecule has 2 aromatic rings. The Bertz CT molecular complexity index is 624. The predicted octanol–water partition coefficient (Wildman–Crippen LogP) is 4.05. The number of hydrogen-bond acceptors (Lipinski definition) is 4. The summed E-state index contributed by atoms with van der Waals surface area (Å²) < 4.78 is 17.7. The second-order valence-electron chi connectivity index (χ2n) is 4.42. The summed E-state index contributed by atoms with van der Waals surface area (Å²) in [6.07, 6.45) is 1.56. The highest BCUT2D eigenvalue weighted by Gasteiger charge is 2.22. The Morgan fingerprint density at radius 1 is 1.05 bits per heavy atom. The molecule has 1 N–H and O–H groups in total. The smallest absolute Gasteiger partial charge is 0.175 e. The van der Waals surface area contributed by atoms with E-state index in [9.17, 15) is 5.11 Å². The van der Waals surface area contributed by atoms with Gasteiger partial charge in [-0.05, 0) is 34.1 Å². The fraction of sp³-hybridized carbons (Fsp3) is 0.286. The Labute approximate surface area is 132 Å². The molecule has 2 heterocycles. The molecule has 0 spiro atoms. The van der Waals surface area contributed by atoms with Gasteiger partial charge in [-0.1, -0.05) is 15.9 Å². The van der Waals surface area contributed by atoms with Gasteiger partial charge in [0.2, 0.25) is 0 Å². The molecule has 1 aromatic heterocycles. The molecule has 1 aliphatic rings. The van der Waals surface area contributed by atoms with Crippen molar-refractivity contribution in [3.05, 3.63) is 44.7 Å². The van der Waals surface area contributed by atoms with Gasteiger partial charge in [-0.25, -0.2) is 0 Å². The van der Waals surface area contributed by atoms with Gasteiger partial charge < -0.3 is 19.0 Å². The van der Waals surface area contributed by atoms with Crippen molar-refractivity contribution < 1.29 is 19.0 Å². The SMILES string of the molecule is OC(c1cc2c(cc1Br)OCCCO2)c1ccoc1Br. The van der Waals surface area contributed by atoms with Crippen LogP contribution in [0.3, 0.4) is 0 Å². The highest BCUT2D eigenvalue weighted by Crippen LogP contribution is 2.40. The summed E-state index contributed by atoms with van der Waals surface area (Å²) in [5.74, 6) is 1.34. The molecule has 0 radical (unpaired) electrons. The van der Waals surface area contributed by atoms with Gasteiger partial charge in [0, 0.05) is 22.0 Å². The van der Waals surface area contributed by atoms with Gasteiger partial charge in [-0.3, -0.25) is 0 Å². The van der Waals surface area contributed by atoms with Gasteiger partial charge in [0.25, 0.3) is 0 Å². The van der Waals surface area contributed by atoms with Crippen molar-refractivity contribution in [3.8, 4) is 11.5 Å². The molecule has 6 heteroatoms. The van der Waals surface area contributed by atoms with E-state index in [2.05, 4.69) is 31.9 Å². The third kappa shape index (κ3) is 2.60. The average molecular weight is 404 g/mol. The number of furan rings is 1. The van der Waals surface area contributed by atoms with Gasteiger partial charge in [0.15, 0.2) is 16.2 Å². The van der Waals surface area contributed by atoms with E-state index in [1.165, 1.54) is 6.26 Å². The third-order valence-electron chi connectivity index (χ3n) is 3.10. The minimum atomic E-state index is -0.811. The van der Waals surface area contributed by atoms with Crippen molar-refractivity contribution in [2.75, 3.05) is 13.2 Å². The molecule has 0 fully saturated rings. The minimum absolute atomic E-state index is 0.518. The van der Waals surface area contributed by atoms with E-state index in [0.717, 1.165) is 10.9 Å². The predicted molar refractivity (Wildman–Crippen MR) is 80.2 cm³/mol. The first-order chi connectivity index (χ1) is 9.66. The Kier molecular flexibility index (Phi) is 4.05. The lowest BCUT2D eigenvalue weighted by atomic mass is 10.0. The highest BCUT2D eigenvalue weighted by atomic mass is 79.9. The second-order valence-corrected chi connectivity index (χ2v) is 6.00. The largest absolute Gasteiger partial charge is 0.490 e. The molecule has 0 aliphatic carbocycles. The molecule has 1 aliphatic heterocycles. The van der Waals surface area contributed by atoms with Crippen LogP contribution in [0, 0.1) is 0 Å². The first-order valence-electron chi connectivity index (χ1n) is 6.17. The Morgan fingerprint density at radius 3 is 2.40 bits per heavy atom. The number of fused-ring (bicyclic) bond motifs is 1. The van der Waals surface area contributed by atoms with Crippen LogP contribution in [-0.2, 0) is 0 Å².